The number of carbonyl (C=O) groups is 1. The van der Waals surface area contributed by atoms with Gasteiger partial charge < -0.3 is 10.4 Å². The van der Waals surface area contributed by atoms with Gasteiger partial charge in [-0.2, -0.15) is 0 Å². The first-order valence-electron chi connectivity index (χ1n) is 7.19. The number of hydrogen-bond donors (Lipinski definition) is 2. The number of aromatic nitrogens is 1. The van der Waals surface area contributed by atoms with Crippen molar-refractivity contribution >= 4 is 5.91 Å². The zero-order chi connectivity index (χ0) is 15.8. The quantitative estimate of drug-likeness (QED) is 0.819. The summed E-state index contributed by atoms with van der Waals surface area (Å²) in [7, 11) is 0. The van der Waals surface area contributed by atoms with Crippen LogP contribution in [0.3, 0.4) is 0 Å². The summed E-state index contributed by atoms with van der Waals surface area (Å²) in [6.07, 6.45) is 2.51. The van der Waals surface area contributed by atoms with Gasteiger partial charge in [0.25, 0.3) is 0 Å². The van der Waals surface area contributed by atoms with Crippen molar-refractivity contribution in [1.82, 2.24) is 10.3 Å². The van der Waals surface area contributed by atoms with Gasteiger partial charge in [-0.15, -0.1) is 0 Å². The van der Waals surface area contributed by atoms with Crippen molar-refractivity contribution in [2.75, 3.05) is 13.2 Å². The van der Waals surface area contributed by atoms with E-state index in [4.69, 9.17) is 0 Å². The fourth-order valence-electron chi connectivity index (χ4n) is 2.12. The summed E-state index contributed by atoms with van der Waals surface area (Å²) in [5.41, 5.74) is 1.64. The topological polar surface area (TPSA) is 62.2 Å². The van der Waals surface area contributed by atoms with Gasteiger partial charge in [0.15, 0.2) is 0 Å². The van der Waals surface area contributed by atoms with Gasteiger partial charge in [0.1, 0.15) is 5.82 Å². The Hall–Kier alpha value is -2.27. The van der Waals surface area contributed by atoms with Crippen molar-refractivity contribution in [3.05, 3.63) is 65.7 Å². The molecule has 0 aliphatic rings. The van der Waals surface area contributed by atoms with E-state index in [1.807, 2.05) is 18.2 Å². The molecule has 0 aliphatic heterocycles. The van der Waals surface area contributed by atoms with Crippen LogP contribution in [0.5, 0.6) is 0 Å². The van der Waals surface area contributed by atoms with Crippen LogP contribution in [0.25, 0.3) is 0 Å². The van der Waals surface area contributed by atoms with Gasteiger partial charge in [-0.05, 0) is 36.2 Å². The Morgan fingerprint density at radius 2 is 2.00 bits per heavy atom. The van der Waals surface area contributed by atoms with Gasteiger partial charge >= 0.3 is 0 Å². The molecule has 22 heavy (non-hydrogen) atoms. The van der Waals surface area contributed by atoms with E-state index in [0.717, 1.165) is 11.3 Å². The molecule has 116 valence electrons. The monoisotopic (exact) mass is 302 g/mol. The molecule has 0 saturated heterocycles. The molecule has 1 heterocycles. The molecule has 1 atom stereocenters. The van der Waals surface area contributed by atoms with Crippen LogP contribution in [-0.4, -0.2) is 29.1 Å². The summed E-state index contributed by atoms with van der Waals surface area (Å²) < 4.78 is 12.8. The van der Waals surface area contributed by atoms with E-state index in [1.54, 1.807) is 18.3 Å². The Morgan fingerprint density at radius 3 is 2.64 bits per heavy atom. The number of aliphatic hydroxyl groups is 1. The van der Waals surface area contributed by atoms with Gasteiger partial charge in [-0.25, -0.2) is 4.39 Å². The van der Waals surface area contributed by atoms with E-state index in [0.29, 0.717) is 13.0 Å². The maximum atomic E-state index is 12.8. The van der Waals surface area contributed by atoms with E-state index < -0.39 is 0 Å². The lowest BCUT2D eigenvalue weighted by molar-refractivity contribution is -0.120. The summed E-state index contributed by atoms with van der Waals surface area (Å²) in [5, 5.41) is 12.2. The molecule has 0 radical (unpaired) electrons. The minimum Gasteiger partial charge on any atom is -0.396 e. The number of nitrogens with zero attached hydrogens (tertiary/aromatic N) is 1. The molecule has 2 rings (SSSR count). The normalized spacial score (nSPS) is 11.9. The van der Waals surface area contributed by atoms with Crippen molar-refractivity contribution in [3.63, 3.8) is 0 Å². The zero-order valence-corrected chi connectivity index (χ0v) is 12.2. The van der Waals surface area contributed by atoms with Crippen molar-refractivity contribution in [2.45, 2.75) is 12.8 Å². The molecule has 2 aromatic rings. The molecule has 1 amide bonds. The molecule has 0 aliphatic carbocycles. The lowest BCUT2D eigenvalue weighted by atomic mass is 10.0. The Kier molecular flexibility index (Phi) is 6.03. The predicted octanol–water partition coefficient (Wildman–Crippen LogP) is 1.73. The number of carbonyl (C=O) groups excluding carboxylic acids is 1. The second-order valence-electron chi connectivity index (χ2n) is 5.18. The molecule has 5 heteroatoms. The summed E-state index contributed by atoms with van der Waals surface area (Å²) >= 11 is 0. The average molecular weight is 302 g/mol. The first kappa shape index (κ1) is 16.1. The largest absolute Gasteiger partial charge is 0.396 e. The number of pyridine rings is 1. The molecule has 1 aromatic heterocycles. The van der Waals surface area contributed by atoms with Crippen LogP contribution in [0.2, 0.25) is 0 Å². The molecule has 0 bridgehead atoms. The third-order valence-electron chi connectivity index (χ3n) is 3.35. The van der Waals surface area contributed by atoms with E-state index in [9.17, 15) is 14.3 Å². The third kappa shape index (κ3) is 5.26. The number of amides is 1. The van der Waals surface area contributed by atoms with E-state index in [2.05, 4.69) is 10.3 Å². The first-order chi connectivity index (χ1) is 10.7. The summed E-state index contributed by atoms with van der Waals surface area (Å²) in [4.78, 5) is 16.1. The number of hydrogen-bond acceptors (Lipinski definition) is 3. The number of rotatable bonds is 7. The van der Waals surface area contributed by atoms with Crippen molar-refractivity contribution in [2.24, 2.45) is 5.92 Å². The smallest absolute Gasteiger partial charge is 0.224 e. The van der Waals surface area contributed by atoms with Gasteiger partial charge in [-0.3, -0.25) is 9.78 Å². The van der Waals surface area contributed by atoms with Crippen LogP contribution in [0.4, 0.5) is 4.39 Å². The van der Waals surface area contributed by atoms with Crippen LogP contribution in [0, 0.1) is 11.7 Å². The molecule has 0 saturated carbocycles. The maximum absolute atomic E-state index is 12.8. The minimum absolute atomic E-state index is 0.0204. The van der Waals surface area contributed by atoms with Crippen LogP contribution in [0.1, 0.15) is 11.3 Å². The van der Waals surface area contributed by atoms with Gasteiger partial charge in [0.2, 0.25) is 5.91 Å². The van der Waals surface area contributed by atoms with E-state index in [1.165, 1.54) is 12.1 Å². The standard InChI is InChI=1S/C17H19FN2O2/c18-15-6-4-13(5-7-15)10-17(22)20-11-14(12-21)9-16-3-1-2-8-19-16/h1-8,14,21H,9-12H2,(H,20,22). The lowest BCUT2D eigenvalue weighted by Crippen LogP contribution is -2.33. The predicted molar refractivity (Wildman–Crippen MR) is 81.6 cm³/mol. The van der Waals surface area contributed by atoms with Gasteiger partial charge in [0.05, 0.1) is 6.42 Å². The molecular weight excluding hydrogens is 283 g/mol. The Balaban J connectivity index is 1.79. The SMILES string of the molecule is O=C(Cc1ccc(F)cc1)NCC(CO)Cc1ccccn1. The highest BCUT2D eigenvalue weighted by Gasteiger charge is 2.11. The van der Waals surface area contributed by atoms with E-state index in [-0.39, 0.29) is 30.7 Å². The number of nitrogens with one attached hydrogen (secondary N) is 1. The Morgan fingerprint density at radius 1 is 1.23 bits per heavy atom. The third-order valence-corrected chi connectivity index (χ3v) is 3.35. The second kappa shape index (κ2) is 8.24. The van der Waals surface area contributed by atoms with Crippen LogP contribution in [0.15, 0.2) is 48.7 Å². The second-order valence-corrected chi connectivity index (χ2v) is 5.18. The Bertz CT molecular complexity index is 587. The van der Waals surface area contributed by atoms with Crippen molar-refractivity contribution < 1.29 is 14.3 Å². The first-order valence-corrected chi connectivity index (χ1v) is 7.19. The Labute approximate surface area is 129 Å². The molecule has 0 spiro atoms. The van der Waals surface area contributed by atoms with Crippen LogP contribution in [-0.2, 0) is 17.6 Å². The van der Waals surface area contributed by atoms with Crippen LogP contribution < -0.4 is 5.32 Å². The number of halogens is 1. The summed E-state index contributed by atoms with van der Waals surface area (Å²) in [6.45, 7) is 0.362. The van der Waals surface area contributed by atoms with Gasteiger partial charge in [-0.1, -0.05) is 18.2 Å². The number of benzene rings is 1. The molecular formula is C17H19FN2O2. The highest BCUT2D eigenvalue weighted by atomic mass is 19.1. The lowest BCUT2D eigenvalue weighted by Gasteiger charge is -2.14. The molecule has 4 nitrogen and oxygen atoms in total. The molecule has 0 fully saturated rings. The summed E-state index contributed by atoms with van der Waals surface area (Å²) in [5.74, 6) is -0.544. The summed E-state index contributed by atoms with van der Waals surface area (Å²) in [6, 6.07) is 11.5. The van der Waals surface area contributed by atoms with Crippen molar-refractivity contribution in [1.29, 1.82) is 0 Å². The zero-order valence-electron chi connectivity index (χ0n) is 12.2. The fourth-order valence-corrected chi connectivity index (χ4v) is 2.12. The minimum atomic E-state index is -0.320. The maximum Gasteiger partial charge on any atom is 0.224 e. The highest BCUT2D eigenvalue weighted by molar-refractivity contribution is 5.78. The average Bonchev–Trinajstić information content (AvgIpc) is 2.54. The molecule has 1 unspecified atom stereocenters. The van der Waals surface area contributed by atoms with Gasteiger partial charge in [0, 0.05) is 31.0 Å². The highest BCUT2D eigenvalue weighted by Crippen LogP contribution is 2.06. The molecule has 1 aromatic carbocycles. The fraction of sp³-hybridized carbons (Fsp3) is 0.294. The van der Waals surface area contributed by atoms with Crippen LogP contribution >= 0.6 is 0 Å². The number of aliphatic hydroxyl groups excluding tert-OH is 1. The van der Waals surface area contributed by atoms with Crippen molar-refractivity contribution in [3.8, 4) is 0 Å². The molecule has 2 N–H and O–H groups in total. The van der Waals surface area contributed by atoms with E-state index >= 15 is 0 Å².